The van der Waals surface area contributed by atoms with E-state index in [0.29, 0.717) is 13.0 Å². The molecule has 0 radical (unpaired) electrons. The number of ether oxygens (including phenoxy) is 1. The Morgan fingerprint density at radius 2 is 2.25 bits per heavy atom. The number of methoxy groups -OCH3 is 1. The van der Waals surface area contributed by atoms with Gasteiger partial charge in [0.25, 0.3) is 0 Å². The van der Waals surface area contributed by atoms with Crippen molar-refractivity contribution in [2.24, 2.45) is 0 Å². The minimum atomic E-state index is 0.205. The van der Waals surface area contributed by atoms with E-state index < -0.39 is 0 Å². The van der Waals surface area contributed by atoms with Crippen molar-refractivity contribution in [1.29, 1.82) is 0 Å². The van der Waals surface area contributed by atoms with E-state index in [4.69, 9.17) is 4.74 Å². The summed E-state index contributed by atoms with van der Waals surface area (Å²) in [5.74, 6) is 0.205. The Kier molecular flexibility index (Phi) is 3.25. The summed E-state index contributed by atoms with van der Waals surface area (Å²) >= 11 is 0. The molecule has 3 heteroatoms. The third kappa shape index (κ3) is 2.09. The second-order valence-corrected chi connectivity index (χ2v) is 4.20. The Balaban J connectivity index is 2.15. The molecule has 0 spiro atoms. The number of carbonyl (C=O) groups is 1. The minimum absolute atomic E-state index is 0.205. The van der Waals surface area contributed by atoms with Crippen molar-refractivity contribution >= 4 is 11.6 Å². The van der Waals surface area contributed by atoms with E-state index in [1.807, 2.05) is 4.90 Å². The van der Waals surface area contributed by atoms with Crippen LogP contribution in [0.2, 0.25) is 0 Å². The van der Waals surface area contributed by atoms with Gasteiger partial charge in [-0.3, -0.25) is 4.79 Å². The smallest absolute Gasteiger partial charge is 0.231 e. The van der Waals surface area contributed by atoms with Crippen LogP contribution in [0, 0.1) is 6.92 Å². The molecule has 0 N–H and O–H groups in total. The van der Waals surface area contributed by atoms with E-state index >= 15 is 0 Å². The number of benzene rings is 1. The van der Waals surface area contributed by atoms with E-state index in [0.717, 1.165) is 24.2 Å². The quantitative estimate of drug-likeness (QED) is 0.724. The van der Waals surface area contributed by atoms with Gasteiger partial charge < -0.3 is 9.64 Å². The predicted octanol–water partition coefficient (Wildman–Crippen LogP) is 1.92. The molecule has 0 aromatic heterocycles. The molecule has 2 rings (SSSR count). The molecule has 0 aliphatic carbocycles. The van der Waals surface area contributed by atoms with Crippen molar-refractivity contribution in [1.82, 2.24) is 0 Å². The van der Waals surface area contributed by atoms with Gasteiger partial charge in [-0.05, 0) is 30.5 Å². The van der Waals surface area contributed by atoms with Crippen LogP contribution in [0.15, 0.2) is 18.2 Å². The number of nitrogens with zero attached hydrogens (tertiary/aromatic N) is 1. The Morgan fingerprint density at radius 3 is 3.00 bits per heavy atom. The van der Waals surface area contributed by atoms with Crippen LogP contribution in [-0.2, 0) is 16.0 Å². The average molecular weight is 219 g/mol. The van der Waals surface area contributed by atoms with Crippen LogP contribution in [-0.4, -0.2) is 26.2 Å². The van der Waals surface area contributed by atoms with Gasteiger partial charge in [0, 0.05) is 25.9 Å². The maximum Gasteiger partial charge on any atom is 0.231 e. The molecule has 0 fully saturated rings. The van der Waals surface area contributed by atoms with E-state index in [-0.39, 0.29) is 5.91 Å². The van der Waals surface area contributed by atoms with Crippen LogP contribution in [0.5, 0.6) is 0 Å². The highest BCUT2D eigenvalue weighted by atomic mass is 16.5. The number of carbonyl (C=O) groups excluding carboxylic acids is 1. The summed E-state index contributed by atoms with van der Waals surface area (Å²) in [5, 5.41) is 0. The maximum absolute atomic E-state index is 11.8. The monoisotopic (exact) mass is 219 g/mol. The number of rotatable bonds is 4. The number of amides is 1. The van der Waals surface area contributed by atoms with Gasteiger partial charge in [0.2, 0.25) is 5.91 Å². The topological polar surface area (TPSA) is 29.5 Å². The molecular weight excluding hydrogens is 202 g/mol. The summed E-state index contributed by atoms with van der Waals surface area (Å²) in [6.07, 6.45) is 1.43. The molecule has 0 bridgehead atoms. The molecule has 0 saturated heterocycles. The summed E-state index contributed by atoms with van der Waals surface area (Å²) in [5.41, 5.74) is 3.43. The van der Waals surface area contributed by atoms with Gasteiger partial charge in [0.05, 0.1) is 6.42 Å². The zero-order chi connectivity index (χ0) is 11.5. The predicted molar refractivity (Wildman–Crippen MR) is 63.7 cm³/mol. The van der Waals surface area contributed by atoms with E-state index in [1.165, 1.54) is 5.56 Å². The molecule has 0 saturated carbocycles. The van der Waals surface area contributed by atoms with Crippen LogP contribution < -0.4 is 4.90 Å². The fourth-order valence-electron chi connectivity index (χ4n) is 2.08. The summed E-state index contributed by atoms with van der Waals surface area (Å²) in [6.45, 7) is 3.50. The van der Waals surface area contributed by atoms with Crippen molar-refractivity contribution < 1.29 is 9.53 Å². The number of fused-ring (bicyclic) bond motifs is 1. The highest BCUT2D eigenvalue weighted by molar-refractivity contribution is 6.01. The van der Waals surface area contributed by atoms with Gasteiger partial charge in [-0.25, -0.2) is 0 Å². The molecule has 1 aromatic carbocycles. The number of anilines is 1. The molecule has 3 nitrogen and oxygen atoms in total. The Bertz CT molecular complexity index is 401. The zero-order valence-corrected chi connectivity index (χ0v) is 9.82. The van der Waals surface area contributed by atoms with E-state index in [9.17, 15) is 4.79 Å². The highest BCUT2D eigenvalue weighted by Gasteiger charge is 2.26. The first kappa shape index (κ1) is 11.1. The molecule has 1 aliphatic heterocycles. The van der Waals surface area contributed by atoms with Gasteiger partial charge >= 0.3 is 0 Å². The fraction of sp³-hybridized carbons (Fsp3) is 0.462. The third-order valence-corrected chi connectivity index (χ3v) is 2.90. The standard InChI is InChI=1S/C13H17NO2/c1-10-4-5-11-9-13(15)14(12(11)8-10)6-3-7-16-2/h4-5,8H,3,6-7,9H2,1-2H3. The Hall–Kier alpha value is -1.35. The Morgan fingerprint density at radius 1 is 1.44 bits per heavy atom. The first-order valence-corrected chi connectivity index (χ1v) is 5.61. The second-order valence-electron chi connectivity index (χ2n) is 4.20. The first-order valence-electron chi connectivity index (χ1n) is 5.61. The van der Waals surface area contributed by atoms with Crippen LogP contribution in [0.1, 0.15) is 17.5 Å². The fourth-order valence-corrected chi connectivity index (χ4v) is 2.08. The van der Waals surface area contributed by atoms with Crippen molar-refractivity contribution in [2.75, 3.05) is 25.2 Å². The molecule has 86 valence electrons. The van der Waals surface area contributed by atoms with Gasteiger partial charge in [0.15, 0.2) is 0 Å². The lowest BCUT2D eigenvalue weighted by atomic mass is 10.1. The molecule has 0 atom stereocenters. The van der Waals surface area contributed by atoms with Crippen LogP contribution in [0.3, 0.4) is 0 Å². The molecule has 1 amide bonds. The number of hydrogen-bond donors (Lipinski definition) is 0. The van der Waals surface area contributed by atoms with Crippen molar-refractivity contribution in [3.8, 4) is 0 Å². The molecule has 1 aliphatic rings. The number of aryl methyl sites for hydroxylation is 1. The van der Waals surface area contributed by atoms with Crippen molar-refractivity contribution in [2.45, 2.75) is 19.8 Å². The normalized spacial score (nSPS) is 14.4. The maximum atomic E-state index is 11.8. The van der Waals surface area contributed by atoms with Crippen molar-refractivity contribution in [3.05, 3.63) is 29.3 Å². The second kappa shape index (κ2) is 4.66. The summed E-state index contributed by atoms with van der Waals surface area (Å²) < 4.78 is 5.01. The summed E-state index contributed by atoms with van der Waals surface area (Å²) in [6, 6.07) is 6.21. The van der Waals surface area contributed by atoms with Gasteiger partial charge in [-0.2, -0.15) is 0 Å². The Labute approximate surface area is 96.0 Å². The van der Waals surface area contributed by atoms with E-state index in [2.05, 4.69) is 25.1 Å². The zero-order valence-electron chi connectivity index (χ0n) is 9.82. The molecule has 1 aromatic rings. The summed E-state index contributed by atoms with van der Waals surface area (Å²) in [4.78, 5) is 13.7. The SMILES string of the molecule is COCCCN1C(=O)Cc2ccc(C)cc21. The molecule has 0 unspecified atom stereocenters. The average Bonchev–Trinajstić information content (AvgIpc) is 2.56. The molecular formula is C13H17NO2. The van der Waals surface area contributed by atoms with Crippen LogP contribution in [0.4, 0.5) is 5.69 Å². The van der Waals surface area contributed by atoms with Gasteiger partial charge in [-0.15, -0.1) is 0 Å². The third-order valence-electron chi connectivity index (χ3n) is 2.90. The lowest BCUT2D eigenvalue weighted by Gasteiger charge is -2.17. The number of hydrogen-bond acceptors (Lipinski definition) is 2. The summed E-state index contributed by atoms with van der Waals surface area (Å²) in [7, 11) is 1.68. The molecule has 16 heavy (non-hydrogen) atoms. The molecule has 1 heterocycles. The first-order chi connectivity index (χ1) is 7.72. The van der Waals surface area contributed by atoms with Crippen LogP contribution in [0.25, 0.3) is 0 Å². The van der Waals surface area contributed by atoms with Gasteiger partial charge in [0.1, 0.15) is 0 Å². The van der Waals surface area contributed by atoms with Gasteiger partial charge in [-0.1, -0.05) is 12.1 Å². The highest BCUT2D eigenvalue weighted by Crippen LogP contribution is 2.29. The van der Waals surface area contributed by atoms with Crippen molar-refractivity contribution in [3.63, 3.8) is 0 Å². The van der Waals surface area contributed by atoms with E-state index in [1.54, 1.807) is 7.11 Å². The minimum Gasteiger partial charge on any atom is -0.385 e. The largest absolute Gasteiger partial charge is 0.385 e. The van der Waals surface area contributed by atoms with Crippen LogP contribution >= 0.6 is 0 Å². The lowest BCUT2D eigenvalue weighted by Crippen LogP contribution is -2.28. The lowest BCUT2D eigenvalue weighted by molar-refractivity contribution is -0.117.